The molecule has 6 nitrogen and oxygen atoms in total. The maximum Gasteiger partial charge on any atom is 0.326 e. The molecule has 0 unspecified atom stereocenters. The van der Waals surface area contributed by atoms with Crippen LogP contribution in [-0.4, -0.2) is 26.9 Å². The number of aliphatic carboxylic acids is 1. The van der Waals surface area contributed by atoms with Crippen molar-refractivity contribution in [1.82, 2.24) is 9.78 Å². The largest absolute Gasteiger partial charge is 0.480 e. The molecular weight excluding hydrogens is 258 g/mol. The van der Waals surface area contributed by atoms with Gasteiger partial charge in [-0.2, -0.15) is 5.10 Å². The highest BCUT2D eigenvalue weighted by atomic mass is 35.5. The first-order valence-electron chi connectivity index (χ1n) is 5.54. The summed E-state index contributed by atoms with van der Waals surface area (Å²) in [5.41, 5.74) is -0.219. The quantitative estimate of drug-likeness (QED) is 0.846. The van der Waals surface area contributed by atoms with Crippen molar-refractivity contribution in [3.63, 3.8) is 0 Å². The maximum absolute atomic E-state index is 11.5. The first-order chi connectivity index (χ1) is 8.32. The van der Waals surface area contributed by atoms with Crippen molar-refractivity contribution in [1.29, 1.82) is 0 Å². The summed E-state index contributed by atoms with van der Waals surface area (Å²) in [5.74, 6) is -0.780. The highest BCUT2D eigenvalue weighted by Crippen LogP contribution is 2.18. The lowest BCUT2D eigenvalue weighted by Crippen LogP contribution is -2.32. The molecule has 0 fully saturated rings. The van der Waals surface area contributed by atoms with Crippen molar-refractivity contribution in [2.24, 2.45) is 13.0 Å². The van der Waals surface area contributed by atoms with Crippen molar-refractivity contribution >= 4 is 23.3 Å². The number of hydrogen-bond acceptors (Lipinski definition) is 4. The van der Waals surface area contributed by atoms with E-state index in [4.69, 9.17) is 16.7 Å². The molecule has 0 amide bonds. The third kappa shape index (κ3) is 3.46. The number of nitrogens with one attached hydrogen (secondary N) is 1. The van der Waals surface area contributed by atoms with Crippen LogP contribution in [0.25, 0.3) is 0 Å². The van der Waals surface area contributed by atoms with Gasteiger partial charge in [0.2, 0.25) is 0 Å². The number of aryl methyl sites for hydroxylation is 1. The van der Waals surface area contributed by atoms with Crippen LogP contribution in [0, 0.1) is 5.92 Å². The molecule has 0 aliphatic carbocycles. The molecule has 0 spiro atoms. The Balaban J connectivity index is 2.98. The van der Waals surface area contributed by atoms with Crippen molar-refractivity contribution in [3.8, 4) is 0 Å². The van der Waals surface area contributed by atoms with Crippen molar-refractivity contribution in [3.05, 3.63) is 21.6 Å². The second-order valence-electron chi connectivity index (χ2n) is 4.47. The van der Waals surface area contributed by atoms with Crippen LogP contribution in [-0.2, 0) is 11.8 Å². The Morgan fingerprint density at radius 2 is 2.22 bits per heavy atom. The molecule has 0 aliphatic heterocycles. The first-order valence-corrected chi connectivity index (χ1v) is 5.92. The van der Waals surface area contributed by atoms with Crippen LogP contribution >= 0.6 is 11.6 Å². The van der Waals surface area contributed by atoms with Crippen LogP contribution in [0.2, 0.25) is 5.02 Å². The average Bonchev–Trinajstić information content (AvgIpc) is 2.28. The zero-order valence-corrected chi connectivity index (χ0v) is 11.2. The predicted molar refractivity (Wildman–Crippen MR) is 69.0 cm³/mol. The third-order valence-corrected chi connectivity index (χ3v) is 2.78. The molecule has 1 aromatic rings. The van der Waals surface area contributed by atoms with Gasteiger partial charge in [-0.05, 0) is 12.3 Å². The van der Waals surface area contributed by atoms with E-state index >= 15 is 0 Å². The van der Waals surface area contributed by atoms with Gasteiger partial charge in [0.05, 0.1) is 11.9 Å². The second kappa shape index (κ2) is 5.86. The van der Waals surface area contributed by atoms with Crippen molar-refractivity contribution in [2.75, 3.05) is 5.32 Å². The minimum atomic E-state index is -0.986. The molecule has 0 radical (unpaired) electrons. The molecular formula is C11H16ClN3O3. The summed E-state index contributed by atoms with van der Waals surface area (Å²) in [7, 11) is 1.47. The molecule has 2 N–H and O–H groups in total. The lowest BCUT2D eigenvalue weighted by molar-refractivity contribution is -0.138. The standard InChI is InChI=1S/C11H16ClN3O3/c1-6(2)4-7(11(17)18)14-8-5-13-15(3)10(16)9(8)12/h5-7,14H,4H2,1-3H3,(H,17,18)/t7-/m1/s1. The summed E-state index contributed by atoms with van der Waals surface area (Å²) in [6, 6.07) is -0.795. The summed E-state index contributed by atoms with van der Waals surface area (Å²) in [6.45, 7) is 3.84. The Kier molecular flexibility index (Phi) is 4.72. The number of carbonyl (C=O) groups is 1. The molecule has 0 bridgehead atoms. The third-order valence-electron chi connectivity index (χ3n) is 2.41. The molecule has 100 valence electrons. The molecule has 1 aromatic heterocycles. The highest BCUT2D eigenvalue weighted by molar-refractivity contribution is 6.33. The SMILES string of the molecule is CC(C)C[C@@H](Nc1cnn(C)c(=O)c1Cl)C(=O)O. The average molecular weight is 274 g/mol. The fourth-order valence-electron chi connectivity index (χ4n) is 1.49. The van der Waals surface area contributed by atoms with E-state index in [1.165, 1.54) is 13.2 Å². The summed E-state index contributed by atoms with van der Waals surface area (Å²) in [6.07, 6.45) is 1.78. The van der Waals surface area contributed by atoms with E-state index in [2.05, 4.69) is 10.4 Å². The molecule has 1 atom stereocenters. The smallest absolute Gasteiger partial charge is 0.326 e. The Morgan fingerprint density at radius 3 is 2.72 bits per heavy atom. The van der Waals surface area contributed by atoms with Gasteiger partial charge in [0.15, 0.2) is 0 Å². The fraction of sp³-hybridized carbons (Fsp3) is 0.545. The van der Waals surface area contributed by atoms with E-state index in [1.807, 2.05) is 13.8 Å². The van der Waals surface area contributed by atoms with Crippen molar-refractivity contribution < 1.29 is 9.90 Å². The van der Waals surface area contributed by atoms with Gasteiger partial charge in [0, 0.05) is 7.05 Å². The van der Waals surface area contributed by atoms with Gasteiger partial charge in [0.25, 0.3) is 5.56 Å². The number of anilines is 1. The summed E-state index contributed by atoms with van der Waals surface area (Å²) < 4.78 is 1.09. The number of rotatable bonds is 5. The Labute approximate surface area is 110 Å². The highest BCUT2D eigenvalue weighted by Gasteiger charge is 2.20. The number of hydrogen-bond donors (Lipinski definition) is 2. The van der Waals surface area contributed by atoms with Gasteiger partial charge < -0.3 is 10.4 Å². The molecule has 0 aromatic carbocycles. The lowest BCUT2D eigenvalue weighted by atomic mass is 10.0. The van der Waals surface area contributed by atoms with Crippen LogP contribution in [0.5, 0.6) is 0 Å². The Bertz CT molecular complexity index is 499. The van der Waals surface area contributed by atoms with Crippen LogP contribution in [0.3, 0.4) is 0 Å². The van der Waals surface area contributed by atoms with E-state index in [-0.39, 0.29) is 16.6 Å². The van der Waals surface area contributed by atoms with E-state index in [9.17, 15) is 9.59 Å². The van der Waals surface area contributed by atoms with Gasteiger partial charge >= 0.3 is 5.97 Å². The molecule has 0 saturated heterocycles. The minimum Gasteiger partial charge on any atom is -0.480 e. The van der Waals surface area contributed by atoms with Gasteiger partial charge in [-0.25, -0.2) is 9.48 Å². The van der Waals surface area contributed by atoms with E-state index in [1.54, 1.807) is 0 Å². The van der Waals surface area contributed by atoms with Gasteiger partial charge in [0.1, 0.15) is 11.1 Å². The number of aromatic nitrogens is 2. The monoisotopic (exact) mass is 273 g/mol. The molecule has 1 heterocycles. The van der Waals surface area contributed by atoms with Gasteiger partial charge in [-0.15, -0.1) is 0 Å². The minimum absolute atomic E-state index is 0.0532. The summed E-state index contributed by atoms with van der Waals surface area (Å²) in [5, 5.41) is 15.6. The Hall–Kier alpha value is -1.56. The van der Waals surface area contributed by atoms with Crippen LogP contribution < -0.4 is 10.9 Å². The summed E-state index contributed by atoms with van der Waals surface area (Å²) >= 11 is 5.86. The van der Waals surface area contributed by atoms with Crippen LogP contribution in [0.4, 0.5) is 5.69 Å². The first kappa shape index (κ1) is 14.5. The van der Waals surface area contributed by atoms with E-state index in [0.717, 1.165) is 4.68 Å². The topological polar surface area (TPSA) is 84.2 Å². The second-order valence-corrected chi connectivity index (χ2v) is 4.84. The molecule has 0 saturated carbocycles. The molecule has 0 aliphatic rings. The van der Waals surface area contributed by atoms with E-state index < -0.39 is 17.6 Å². The molecule has 18 heavy (non-hydrogen) atoms. The van der Waals surface area contributed by atoms with Gasteiger partial charge in [-0.1, -0.05) is 25.4 Å². The Morgan fingerprint density at radius 1 is 1.61 bits per heavy atom. The molecule has 1 rings (SSSR count). The summed E-state index contributed by atoms with van der Waals surface area (Å²) in [4.78, 5) is 22.6. The normalized spacial score (nSPS) is 12.5. The predicted octanol–water partition coefficient (Wildman–Crippen LogP) is 1.34. The number of nitrogens with zero attached hydrogens (tertiary/aromatic N) is 2. The zero-order valence-electron chi connectivity index (χ0n) is 10.5. The van der Waals surface area contributed by atoms with Crippen LogP contribution in [0.15, 0.2) is 11.0 Å². The zero-order chi connectivity index (χ0) is 13.9. The fourth-order valence-corrected chi connectivity index (χ4v) is 1.72. The number of carboxylic acids is 1. The maximum atomic E-state index is 11.5. The lowest BCUT2D eigenvalue weighted by Gasteiger charge is -2.18. The van der Waals surface area contributed by atoms with Gasteiger partial charge in [-0.3, -0.25) is 4.79 Å². The number of halogens is 1. The number of carboxylic acid groups (broad SMARTS) is 1. The van der Waals surface area contributed by atoms with E-state index in [0.29, 0.717) is 6.42 Å². The van der Waals surface area contributed by atoms with Crippen molar-refractivity contribution in [2.45, 2.75) is 26.3 Å². The van der Waals surface area contributed by atoms with Crippen LogP contribution in [0.1, 0.15) is 20.3 Å². The molecule has 7 heteroatoms.